The molecule has 4 aliphatic rings. The fourth-order valence-electron chi connectivity index (χ4n) is 5.59. The lowest BCUT2D eigenvalue weighted by molar-refractivity contribution is 0.0745. The molecule has 2 aliphatic carbocycles. The van der Waals surface area contributed by atoms with Crippen LogP contribution < -0.4 is 4.90 Å². The Morgan fingerprint density at radius 3 is 2.30 bits per heavy atom. The van der Waals surface area contributed by atoms with Crippen molar-refractivity contribution in [2.45, 2.75) is 51.1 Å². The van der Waals surface area contributed by atoms with E-state index in [4.69, 9.17) is 16.3 Å². The molecular formula is C28H42ClN7O. The second-order valence-electron chi connectivity index (χ2n) is 11.4. The van der Waals surface area contributed by atoms with Gasteiger partial charge in [-0.3, -0.25) is 9.58 Å². The average Bonchev–Trinajstić information content (AvgIpc) is 3.45. The zero-order chi connectivity index (χ0) is 26.4. The van der Waals surface area contributed by atoms with E-state index in [2.05, 4.69) is 49.9 Å². The van der Waals surface area contributed by atoms with Crippen LogP contribution in [0.25, 0.3) is 16.6 Å². The van der Waals surface area contributed by atoms with Crippen LogP contribution in [0.2, 0.25) is 5.02 Å². The summed E-state index contributed by atoms with van der Waals surface area (Å²) in [5.41, 5.74) is 3.72. The van der Waals surface area contributed by atoms with E-state index >= 15 is 0 Å². The third-order valence-electron chi connectivity index (χ3n) is 8.13. The van der Waals surface area contributed by atoms with Crippen LogP contribution in [-0.4, -0.2) is 95.4 Å². The Bertz CT molecular complexity index is 1210. The molecule has 1 atom stereocenters. The van der Waals surface area contributed by atoms with E-state index in [1.54, 1.807) is 0 Å². The van der Waals surface area contributed by atoms with E-state index in [1.807, 2.05) is 57.0 Å². The van der Waals surface area contributed by atoms with E-state index in [0.29, 0.717) is 5.54 Å². The van der Waals surface area contributed by atoms with Crippen LogP contribution >= 0.6 is 11.6 Å². The fraction of sp³-hybridized carbons (Fsp3) is 0.643. The van der Waals surface area contributed by atoms with Gasteiger partial charge in [-0.15, -0.1) is 0 Å². The number of piperazine rings is 1. The molecule has 8 nitrogen and oxygen atoms in total. The molecule has 37 heavy (non-hydrogen) atoms. The lowest BCUT2D eigenvalue weighted by atomic mass is 9.98. The number of halogens is 1. The van der Waals surface area contributed by atoms with Crippen LogP contribution in [0.3, 0.4) is 0 Å². The first-order valence-corrected chi connectivity index (χ1v) is 14.1. The first kappa shape index (κ1) is 26.5. The van der Waals surface area contributed by atoms with E-state index in [1.165, 1.54) is 12.8 Å². The number of hydrogen-bond acceptors (Lipinski definition) is 6. The zero-order valence-electron chi connectivity index (χ0n) is 23.2. The maximum Gasteiger partial charge on any atom is 0.103 e. The van der Waals surface area contributed by atoms with Crippen LogP contribution in [0, 0.1) is 5.92 Å². The first-order valence-electron chi connectivity index (χ1n) is 13.7. The van der Waals surface area contributed by atoms with Crippen molar-refractivity contribution in [3.8, 4) is 5.69 Å². The van der Waals surface area contributed by atoms with Gasteiger partial charge in [-0.05, 0) is 65.4 Å². The molecule has 4 heterocycles. The van der Waals surface area contributed by atoms with Gasteiger partial charge in [0.05, 0.1) is 47.0 Å². The molecule has 0 amide bonds. The van der Waals surface area contributed by atoms with Crippen LogP contribution in [0.5, 0.6) is 0 Å². The van der Waals surface area contributed by atoms with Crippen molar-refractivity contribution in [3.63, 3.8) is 0 Å². The number of benzene rings is 1. The Morgan fingerprint density at radius 2 is 1.70 bits per heavy atom. The molecule has 3 aromatic rings. The van der Waals surface area contributed by atoms with Gasteiger partial charge in [0, 0.05) is 43.7 Å². The Hall–Kier alpha value is -2.13. The van der Waals surface area contributed by atoms with E-state index in [0.717, 1.165) is 79.0 Å². The summed E-state index contributed by atoms with van der Waals surface area (Å²) in [6.07, 6.45) is 9.67. The first-order chi connectivity index (χ1) is 17.8. The lowest BCUT2D eigenvalue weighted by Gasteiger charge is -2.44. The van der Waals surface area contributed by atoms with Gasteiger partial charge in [-0.1, -0.05) is 25.4 Å². The molecule has 0 N–H and O–H groups in total. The third-order valence-corrected chi connectivity index (χ3v) is 8.43. The smallest absolute Gasteiger partial charge is 0.103 e. The highest BCUT2D eigenvalue weighted by Crippen LogP contribution is 2.72. The summed E-state index contributed by atoms with van der Waals surface area (Å²) < 4.78 is 9.83. The Morgan fingerprint density at radius 1 is 1.03 bits per heavy atom. The zero-order valence-corrected chi connectivity index (χ0v) is 24.0. The lowest BCUT2D eigenvalue weighted by Crippen LogP contribution is -2.56. The van der Waals surface area contributed by atoms with E-state index < -0.39 is 0 Å². The van der Waals surface area contributed by atoms with Gasteiger partial charge in [-0.2, -0.15) is 10.2 Å². The number of rotatable bonds is 4. The van der Waals surface area contributed by atoms with Gasteiger partial charge in [0.15, 0.2) is 0 Å². The maximum atomic E-state index is 6.73. The molecule has 2 saturated heterocycles. The highest BCUT2D eigenvalue weighted by atomic mass is 35.5. The van der Waals surface area contributed by atoms with E-state index in [-0.39, 0.29) is 5.54 Å². The van der Waals surface area contributed by atoms with Crippen molar-refractivity contribution < 1.29 is 4.74 Å². The Balaban J connectivity index is 0.000000430. The van der Waals surface area contributed by atoms with Crippen molar-refractivity contribution in [1.82, 2.24) is 29.4 Å². The van der Waals surface area contributed by atoms with Crippen molar-refractivity contribution in [3.05, 3.63) is 35.7 Å². The minimum absolute atomic E-state index is 0.181. The van der Waals surface area contributed by atoms with Crippen molar-refractivity contribution >= 4 is 28.2 Å². The van der Waals surface area contributed by atoms with Crippen molar-refractivity contribution in [1.29, 1.82) is 0 Å². The molecule has 4 fully saturated rings. The van der Waals surface area contributed by atoms with Crippen LogP contribution in [0.1, 0.15) is 40.0 Å². The van der Waals surface area contributed by atoms with Gasteiger partial charge >= 0.3 is 0 Å². The number of hydrogen-bond donors (Lipinski definition) is 0. The number of anilines is 1. The SMILES string of the molecule is CC.CN(C)C.C[C@@]1(N2CCN(c3cc4c(cnn4-c4cnn(C56CC5C6)c4)cc3Cl)CC2)CCOC1. The maximum absolute atomic E-state index is 6.73. The predicted molar refractivity (Wildman–Crippen MR) is 151 cm³/mol. The second kappa shape index (κ2) is 10.2. The summed E-state index contributed by atoms with van der Waals surface area (Å²) >= 11 is 6.73. The average molecular weight is 528 g/mol. The number of fused-ring (bicyclic) bond motifs is 2. The van der Waals surface area contributed by atoms with Gasteiger partial charge in [0.25, 0.3) is 0 Å². The Labute approximate surface area is 226 Å². The van der Waals surface area contributed by atoms with Gasteiger partial charge in [0.2, 0.25) is 0 Å². The normalized spacial score (nSPS) is 28.4. The van der Waals surface area contributed by atoms with E-state index in [9.17, 15) is 0 Å². The number of ether oxygens (including phenoxy) is 1. The molecule has 2 saturated carbocycles. The second-order valence-corrected chi connectivity index (χ2v) is 11.8. The molecule has 0 radical (unpaired) electrons. The summed E-state index contributed by atoms with van der Waals surface area (Å²) in [4.78, 5) is 7.00. The monoisotopic (exact) mass is 527 g/mol. The highest BCUT2D eigenvalue weighted by Gasteiger charge is 2.72. The largest absolute Gasteiger partial charge is 0.379 e. The van der Waals surface area contributed by atoms with Crippen molar-refractivity contribution in [2.75, 3.05) is 65.4 Å². The number of aromatic nitrogens is 4. The van der Waals surface area contributed by atoms with Crippen LogP contribution in [0.15, 0.2) is 30.7 Å². The topological polar surface area (TPSA) is 54.6 Å². The summed E-state index contributed by atoms with van der Waals surface area (Å²) in [7, 11) is 6.00. The summed E-state index contributed by atoms with van der Waals surface area (Å²) in [6, 6.07) is 4.25. The molecule has 9 heteroatoms. The Kier molecular flexibility index (Phi) is 7.31. The van der Waals surface area contributed by atoms with Gasteiger partial charge in [-0.25, -0.2) is 4.68 Å². The molecular weight excluding hydrogens is 486 g/mol. The molecule has 0 spiro atoms. The van der Waals surface area contributed by atoms with Gasteiger partial charge < -0.3 is 14.5 Å². The molecule has 0 unspecified atom stereocenters. The van der Waals surface area contributed by atoms with Crippen LogP contribution in [0.4, 0.5) is 5.69 Å². The van der Waals surface area contributed by atoms with Gasteiger partial charge in [0.1, 0.15) is 5.69 Å². The predicted octanol–water partition coefficient (Wildman–Crippen LogP) is 4.50. The highest BCUT2D eigenvalue weighted by molar-refractivity contribution is 6.34. The molecule has 0 bridgehead atoms. The molecule has 202 valence electrons. The molecule has 2 aliphatic heterocycles. The summed E-state index contributed by atoms with van der Waals surface area (Å²) in [5, 5.41) is 11.2. The summed E-state index contributed by atoms with van der Waals surface area (Å²) in [6.45, 7) is 12.1. The minimum Gasteiger partial charge on any atom is -0.379 e. The molecule has 2 aromatic heterocycles. The van der Waals surface area contributed by atoms with Crippen LogP contribution in [-0.2, 0) is 10.3 Å². The minimum atomic E-state index is 0.181. The number of nitrogens with zero attached hydrogens (tertiary/aromatic N) is 7. The van der Waals surface area contributed by atoms with Crippen molar-refractivity contribution in [2.24, 2.45) is 5.92 Å². The fourth-order valence-corrected chi connectivity index (χ4v) is 5.88. The summed E-state index contributed by atoms with van der Waals surface area (Å²) in [5.74, 6) is 0.858. The molecule has 7 rings (SSSR count). The standard InChI is InChI=1S/C23H27ClN6O.C3H9N.C2H6/c1-22(2-7-31-15-22)28-5-3-27(4-6-28)21-9-20-16(8-19(21)24)12-26-30(20)18-13-25-29(14-18)23-10-17(23)11-23;1-4(2)3;1-2/h8-9,12-14,17H,2-7,10-11,15H2,1H3;1-3H3;1-2H3/t17?,22-,23?;;/m1../s1. The quantitative estimate of drug-likeness (QED) is 0.498. The molecule has 1 aromatic carbocycles. The third kappa shape index (κ3) is 5.01.